The number of alkyl carbamates (subject to hydrolysis) is 1. The summed E-state index contributed by atoms with van der Waals surface area (Å²) < 4.78 is 8.26. The van der Waals surface area contributed by atoms with Gasteiger partial charge in [0.2, 0.25) is 27.3 Å². The molecule has 1 saturated heterocycles. The van der Waals surface area contributed by atoms with Gasteiger partial charge in [0.25, 0.3) is 5.91 Å². The maximum absolute atomic E-state index is 13.9. The molecule has 5 amide bonds. The molecule has 1 heterocycles. The van der Waals surface area contributed by atoms with Crippen LogP contribution in [-0.2, 0) is 38.2 Å². The molecule has 326 valence electrons. The zero-order valence-electron chi connectivity index (χ0n) is 34.2. The molecule has 3 atom stereocenters. The summed E-state index contributed by atoms with van der Waals surface area (Å²) in [6.45, 7) is 5.51. The molecule has 1 aliphatic carbocycles. The van der Waals surface area contributed by atoms with E-state index in [1.807, 2.05) is 72.8 Å². The van der Waals surface area contributed by atoms with Gasteiger partial charge in [-0.05, 0) is 58.8 Å². The summed E-state index contributed by atoms with van der Waals surface area (Å²) in [4.78, 5) is 90.8. The van der Waals surface area contributed by atoms with Crippen molar-refractivity contribution in [1.29, 1.82) is 0 Å². The lowest BCUT2D eigenvalue weighted by Gasteiger charge is -2.34. The SMILES string of the molecule is CCCC(NC(=O)[C@@H]1CCCN1C(=O)[C@@H](NC(=O)OCC(Cl)(Cl)Cl)C1CCCCC1)C(=O)C(=O)NCC(=O)NCC(=O)OC(C)(C)C.c1ccccc1.c1ccccc1. The van der Waals surface area contributed by atoms with Crippen molar-refractivity contribution in [3.8, 4) is 0 Å². The third-order valence-electron chi connectivity index (χ3n) is 8.89. The van der Waals surface area contributed by atoms with Crippen LogP contribution in [0.2, 0.25) is 0 Å². The summed E-state index contributed by atoms with van der Waals surface area (Å²) in [5.41, 5.74) is -0.736. The van der Waals surface area contributed by atoms with Crippen molar-refractivity contribution < 1.29 is 43.0 Å². The molecule has 0 spiro atoms. The average Bonchev–Trinajstić information content (AvgIpc) is 3.71. The van der Waals surface area contributed by atoms with Crippen LogP contribution < -0.4 is 21.3 Å². The Morgan fingerprint density at radius 3 is 1.76 bits per heavy atom. The Hall–Kier alpha value is -4.40. The van der Waals surface area contributed by atoms with Gasteiger partial charge in [0, 0.05) is 6.54 Å². The lowest BCUT2D eigenvalue weighted by molar-refractivity contribution is -0.154. The lowest BCUT2D eigenvalue weighted by Crippen LogP contribution is -2.58. The van der Waals surface area contributed by atoms with Crippen LogP contribution in [0.25, 0.3) is 0 Å². The number of halogens is 3. The first-order valence-electron chi connectivity index (χ1n) is 19.8. The van der Waals surface area contributed by atoms with Gasteiger partial charge in [0.1, 0.15) is 30.8 Å². The average molecular weight is 883 g/mol. The predicted octanol–water partition coefficient (Wildman–Crippen LogP) is 5.82. The molecule has 0 radical (unpaired) electrons. The van der Waals surface area contributed by atoms with Gasteiger partial charge in [-0.25, -0.2) is 4.79 Å². The largest absolute Gasteiger partial charge is 0.459 e. The number of rotatable bonds is 14. The number of nitrogens with one attached hydrogen (secondary N) is 4. The zero-order valence-corrected chi connectivity index (χ0v) is 36.5. The van der Waals surface area contributed by atoms with Crippen molar-refractivity contribution in [2.45, 2.75) is 113 Å². The highest BCUT2D eigenvalue weighted by Crippen LogP contribution is 2.30. The molecule has 59 heavy (non-hydrogen) atoms. The normalized spacial score (nSPS) is 16.3. The third-order valence-corrected chi connectivity index (χ3v) is 9.22. The van der Waals surface area contributed by atoms with Gasteiger partial charge < -0.3 is 35.6 Å². The van der Waals surface area contributed by atoms with E-state index in [-0.39, 0.29) is 18.9 Å². The standard InChI is InChI=1S/C30H46Cl3N5O9.2C6H6/c1-5-10-19(24(41)26(43)35-15-21(39)34-16-22(40)47-29(2,3)4)36-25(42)20-13-9-14-38(20)27(44)23(18-11-7-6-8-12-18)37-28(45)46-17-30(31,32)33;2*1-2-4-6-5-3-1/h18-20,23H,5-17H2,1-4H3,(H,34,39)(H,35,43)(H,36,42)(H,37,45);2*1-6H/t19?,20-,23-;;/m0../s1. The first-order valence-corrected chi connectivity index (χ1v) is 21.0. The minimum absolute atomic E-state index is 0.130. The van der Waals surface area contributed by atoms with Crippen molar-refractivity contribution in [1.82, 2.24) is 26.2 Å². The first-order chi connectivity index (χ1) is 27.9. The zero-order chi connectivity index (χ0) is 43.8. The molecule has 17 heteroatoms. The highest BCUT2D eigenvalue weighted by atomic mass is 35.6. The Kier molecular flexibility index (Phi) is 22.9. The number of ketones is 1. The molecule has 4 N–H and O–H groups in total. The van der Waals surface area contributed by atoms with Crippen LogP contribution in [0, 0.1) is 5.92 Å². The fraction of sp³-hybridized carbons (Fsp3) is 0.548. The lowest BCUT2D eigenvalue weighted by atomic mass is 9.83. The summed E-state index contributed by atoms with van der Waals surface area (Å²) >= 11 is 17.1. The maximum Gasteiger partial charge on any atom is 0.407 e. The summed E-state index contributed by atoms with van der Waals surface area (Å²) in [6, 6.07) is 20.9. The van der Waals surface area contributed by atoms with E-state index in [9.17, 15) is 33.6 Å². The number of nitrogens with zero attached hydrogens (tertiary/aromatic N) is 1. The number of ether oxygens (including phenoxy) is 2. The number of benzene rings is 2. The maximum atomic E-state index is 13.9. The Balaban J connectivity index is 0.000000845. The molecule has 14 nitrogen and oxygen atoms in total. The summed E-state index contributed by atoms with van der Waals surface area (Å²) in [5, 5.41) is 9.73. The van der Waals surface area contributed by atoms with E-state index in [0.29, 0.717) is 32.1 Å². The number of likely N-dealkylation sites (tertiary alicyclic amines) is 1. The van der Waals surface area contributed by atoms with Gasteiger partial charge in [-0.15, -0.1) is 0 Å². The molecule has 1 unspecified atom stereocenters. The first kappa shape index (κ1) is 50.7. The van der Waals surface area contributed by atoms with E-state index in [1.54, 1.807) is 27.7 Å². The van der Waals surface area contributed by atoms with Crippen molar-refractivity contribution in [3.63, 3.8) is 0 Å². The second-order valence-corrected chi connectivity index (χ2v) is 17.5. The van der Waals surface area contributed by atoms with Crippen LogP contribution in [0.15, 0.2) is 72.8 Å². The van der Waals surface area contributed by atoms with Gasteiger partial charge in [-0.3, -0.25) is 28.8 Å². The molecule has 4 rings (SSSR count). The van der Waals surface area contributed by atoms with E-state index in [0.717, 1.165) is 19.3 Å². The van der Waals surface area contributed by atoms with E-state index in [2.05, 4.69) is 21.3 Å². The Labute approximate surface area is 362 Å². The molecular formula is C42H58Cl3N5O9. The van der Waals surface area contributed by atoms with Gasteiger partial charge in [0.15, 0.2) is 0 Å². The van der Waals surface area contributed by atoms with Crippen LogP contribution in [0.3, 0.4) is 0 Å². The Morgan fingerprint density at radius 1 is 0.729 bits per heavy atom. The number of hydrogen-bond acceptors (Lipinski definition) is 9. The topological polar surface area (TPSA) is 189 Å². The van der Waals surface area contributed by atoms with E-state index >= 15 is 0 Å². The number of alkyl halides is 3. The Bertz CT molecular complexity index is 1530. The fourth-order valence-electron chi connectivity index (χ4n) is 6.26. The van der Waals surface area contributed by atoms with Gasteiger partial charge >= 0.3 is 12.1 Å². The van der Waals surface area contributed by atoms with Crippen LogP contribution in [0.4, 0.5) is 4.79 Å². The second-order valence-electron chi connectivity index (χ2n) is 15.0. The van der Waals surface area contributed by atoms with E-state index in [4.69, 9.17) is 44.3 Å². The number of Topliss-reactive ketones (excluding diaryl/α,β-unsaturated/α-hetero) is 1. The molecule has 0 aromatic heterocycles. The minimum Gasteiger partial charge on any atom is -0.459 e. The van der Waals surface area contributed by atoms with Crippen LogP contribution in [0.1, 0.15) is 85.5 Å². The monoisotopic (exact) mass is 881 g/mol. The van der Waals surface area contributed by atoms with Crippen molar-refractivity contribution in [3.05, 3.63) is 72.8 Å². The molecule has 1 aliphatic heterocycles. The number of carbonyl (C=O) groups excluding carboxylic acids is 7. The quantitative estimate of drug-likeness (QED) is 0.103. The molecule has 0 bridgehead atoms. The fourth-order valence-corrected chi connectivity index (χ4v) is 6.42. The number of hydrogen-bond donors (Lipinski definition) is 4. The van der Waals surface area contributed by atoms with Crippen LogP contribution in [0.5, 0.6) is 0 Å². The van der Waals surface area contributed by atoms with Crippen molar-refractivity contribution in [2.75, 3.05) is 26.2 Å². The molecule has 2 aliphatic rings. The second kappa shape index (κ2) is 26.6. The molecule has 2 fully saturated rings. The minimum atomic E-state index is -1.84. The molecule has 2 aromatic carbocycles. The summed E-state index contributed by atoms with van der Waals surface area (Å²) in [6.07, 6.45) is 4.57. The van der Waals surface area contributed by atoms with Crippen molar-refractivity contribution >= 4 is 76.3 Å². The number of carbonyl (C=O) groups is 7. The highest BCUT2D eigenvalue weighted by molar-refractivity contribution is 6.67. The molecule has 2 aromatic rings. The molecular weight excluding hydrogens is 825 g/mol. The Morgan fingerprint density at radius 2 is 1.27 bits per heavy atom. The van der Waals surface area contributed by atoms with Crippen molar-refractivity contribution in [2.24, 2.45) is 5.92 Å². The number of esters is 1. The van der Waals surface area contributed by atoms with E-state index in [1.165, 1.54) is 4.90 Å². The van der Waals surface area contributed by atoms with Gasteiger partial charge in [-0.2, -0.15) is 0 Å². The van der Waals surface area contributed by atoms with Crippen LogP contribution in [-0.4, -0.2) is 100 Å². The third kappa shape index (κ3) is 21.4. The number of amides is 5. The molecule has 1 saturated carbocycles. The van der Waals surface area contributed by atoms with Gasteiger partial charge in [-0.1, -0.05) is 140 Å². The summed E-state index contributed by atoms with van der Waals surface area (Å²) in [5.74, 6) is -4.72. The highest BCUT2D eigenvalue weighted by Gasteiger charge is 2.42. The van der Waals surface area contributed by atoms with Gasteiger partial charge in [0.05, 0.1) is 12.6 Å². The van der Waals surface area contributed by atoms with Crippen LogP contribution >= 0.6 is 34.8 Å². The van der Waals surface area contributed by atoms with E-state index < -0.39 is 88.7 Å². The predicted molar refractivity (Wildman–Crippen MR) is 226 cm³/mol. The summed E-state index contributed by atoms with van der Waals surface area (Å²) in [7, 11) is 0. The smallest absolute Gasteiger partial charge is 0.407 e.